The van der Waals surface area contributed by atoms with Gasteiger partial charge >= 0.3 is 0 Å². The van der Waals surface area contributed by atoms with Crippen LogP contribution in [0.2, 0.25) is 15.1 Å². The average molecular weight is 398 g/mol. The van der Waals surface area contributed by atoms with Crippen LogP contribution in [-0.2, 0) is 6.54 Å². The zero-order valence-corrected chi connectivity index (χ0v) is 15.6. The van der Waals surface area contributed by atoms with Gasteiger partial charge in [-0.1, -0.05) is 46.8 Å². The summed E-state index contributed by atoms with van der Waals surface area (Å²) in [5.41, 5.74) is 4.40. The first-order chi connectivity index (χ1) is 12.1. The molecule has 0 bridgehead atoms. The van der Waals surface area contributed by atoms with Crippen molar-refractivity contribution in [3.8, 4) is 23.8 Å². The Bertz CT molecular complexity index is 796. The topological polar surface area (TPSA) is 42.8 Å². The van der Waals surface area contributed by atoms with Crippen molar-refractivity contribution in [2.75, 3.05) is 13.7 Å². The van der Waals surface area contributed by atoms with Gasteiger partial charge in [-0.25, -0.2) is 0 Å². The van der Waals surface area contributed by atoms with E-state index in [4.69, 9.17) is 50.7 Å². The highest BCUT2D eigenvalue weighted by molar-refractivity contribution is 6.36. The molecule has 25 heavy (non-hydrogen) atoms. The molecule has 0 aromatic heterocycles. The molecule has 0 aliphatic rings. The van der Waals surface area contributed by atoms with E-state index in [0.717, 1.165) is 11.1 Å². The number of nitrogens with zero attached hydrogens (tertiary/aromatic N) is 1. The van der Waals surface area contributed by atoms with E-state index in [9.17, 15) is 0 Å². The van der Waals surface area contributed by atoms with Gasteiger partial charge in [0, 0.05) is 15.6 Å². The van der Waals surface area contributed by atoms with Crippen LogP contribution in [0.3, 0.4) is 0 Å². The van der Waals surface area contributed by atoms with E-state index in [1.54, 1.807) is 36.5 Å². The fourth-order valence-electron chi connectivity index (χ4n) is 2.01. The fraction of sp³-hybridized carbons (Fsp3) is 0.167. The van der Waals surface area contributed by atoms with E-state index >= 15 is 0 Å². The molecule has 0 saturated heterocycles. The molecule has 0 fully saturated rings. The first-order valence-corrected chi connectivity index (χ1v) is 8.32. The molecule has 0 radical (unpaired) electrons. The maximum absolute atomic E-state index is 6.21. The maximum atomic E-state index is 6.21. The minimum absolute atomic E-state index is 0.101. The molecular weight excluding hydrogens is 383 g/mol. The Kier molecular flexibility index (Phi) is 7.27. The highest BCUT2D eigenvalue weighted by atomic mass is 35.5. The number of methoxy groups -OCH3 is 1. The molecule has 7 heteroatoms. The van der Waals surface area contributed by atoms with Crippen LogP contribution in [0, 0.1) is 12.3 Å². The van der Waals surface area contributed by atoms with Crippen LogP contribution in [0.25, 0.3) is 0 Å². The SMILES string of the molecule is C#CCOc1c(Cl)cc(/C=N\NCc2c(Cl)cccc2Cl)cc1OC. The zero-order chi connectivity index (χ0) is 18.2. The lowest BCUT2D eigenvalue weighted by atomic mass is 10.2. The first kappa shape index (κ1) is 19.3. The van der Waals surface area contributed by atoms with Gasteiger partial charge in [0.2, 0.25) is 0 Å². The molecule has 2 aromatic carbocycles. The molecule has 0 atom stereocenters. The number of hydrogen-bond donors (Lipinski definition) is 1. The van der Waals surface area contributed by atoms with Gasteiger partial charge in [-0.2, -0.15) is 5.10 Å². The van der Waals surface area contributed by atoms with Crippen LogP contribution in [0.4, 0.5) is 0 Å². The van der Waals surface area contributed by atoms with Gasteiger partial charge in [-0.15, -0.1) is 6.42 Å². The predicted octanol–water partition coefficient (Wildman–Crippen LogP) is 4.79. The standard InChI is InChI=1S/C18H15Cl3N2O2/c1-3-7-25-18-16(21)8-12(9-17(18)24-2)10-22-23-11-13-14(19)5-4-6-15(13)20/h1,4-6,8-10,23H,7,11H2,2H3/b22-10-. The van der Waals surface area contributed by atoms with E-state index in [1.165, 1.54) is 7.11 Å². The maximum Gasteiger partial charge on any atom is 0.181 e. The van der Waals surface area contributed by atoms with Crippen molar-refractivity contribution < 1.29 is 9.47 Å². The number of terminal acetylenes is 1. The Labute approximate surface area is 161 Å². The van der Waals surface area contributed by atoms with Crippen molar-refractivity contribution in [1.82, 2.24) is 5.43 Å². The number of hydrogen-bond acceptors (Lipinski definition) is 4. The summed E-state index contributed by atoms with van der Waals surface area (Å²) in [5.74, 6) is 3.25. The lowest BCUT2D eigenvalue weighted by molar-refractivity contribution is 0.331. The van der Waals surface area contributed by atoms with Crippen molar-refractivity contribution in [1.29, 1.82) is 0 Å². The summed E-state index contributed by atoms with van der Waals surface area (Å²) in [7, 11) is 1.52. The minimum Gasteiger partial charge on any atom is -0.493 e. The van der Waals surface area contributed by atoms with Crippen LogP contribution >= 0.6 is 34.8 Å². The molecule has 0 aliphatic carbocycles. The highest BCUT2D eigenvalue weighted by Gasteiger charge is 2.11. The summed E-state index contributed by atoms with van der Waals surface area (Å²) in [6.45, 7) is 0.493. The summed E-state index contributed by atoms with van der Waals surface area (Å²) in [6.07, 6.45) is 6.79. The Balaban J connectivity index is 2.08. The fourth-order valence-corrected chi connectivity index (χ4v) is 2.82. The number of hydrazone groups is 1. The number of ether oxygens (including phenoxy) is 2. The quantitative estimate of drug-likeness (QED) is 0.415. The van der Waals surface area contributed by atoms with Crippen molar-refractivity contribution in [2.24, 2.45) is 5.10 Å². The summed E-state index contributed by atoms with van der Waals surface area (Å²) in [5, 5.41) is 5.68. The summed E-state index contributed by atoms with van der Waals surface area (Å²) < 4.78 is 10.7. The molecule has 0 saturated carbocycles. The Hall–Kier alpha value is -2.06. The van der Waals surface area contributed by atoms with Crippen LogP contribution in [0.5, 0.6) is 11.5 Å². The smallest absolute Gasteiger partial charge is 0.181 e. The van der Waals surface area contributed by atoms with Gasteiger partial charge in [0.25, 0.3) is 0 Å². The van der Waals surface area contributed by atoms with Crippen molar-refractivity contribution in [3.05, 3.63) is 56.5 Å². The van der Waals surface area contributed by atoms with Gasteiger partial charge < -0.3 is 14.9 Å². The molecule has 1 N–H and O–H groups in total. The Morgan fingerprint density at radius 3 is 2.56 bits per heavy atom. The number of rotatable bonds is 7. The second-order valence-electron chi connectivity index (χ2n) is 4.82. The highest BCUT2D eigenvalue weighted by Crippen LogP contribution is 2.36. The Morgan fingerprint density at radius 2 is 1.92 bits per heavy atom. The lowest BCUT2D eigenvalue weighted by Gasteiger charge is -2.11. The van der Waals surface area contributed by atoms with Crippen LogP contribution < -0.4 is 14.9 Å². The van der Waals surface area contributed by atoms with Gasteiger partial charge in [0.1, 0.15) is 6.61 Å². The molecule has 0 spiro atoms. The van der Waals surface area contributed by atoms with Crippen LogP contribution in [0.1, 0.15) is 11.1 Å². The second kappa shape index (κ2) is 9.43. The molecule has 0 unspecified atom stereocenters. The monoisotopic (exact) mass is 396 g/mol. The van der Waals surface area contributed by atoms with Gasteiger partial charge in [-0.05, 0) is 29.8 Å². The summed E-state index contributed by atoms with van der Waals surface area (Å²) in [4.78, 5) is 0. The third-order valence-corrected chi connectivity index (χ3v) is 4.16. The van der Waals surface area contributed by atoms with Gasteiger partial charge in [-0.3, -0.25) is 0 Å². The minimum atomic E-state index is 0.101. The summed E-state index contributed by atoms with van der Waals surface area (Å²) in [6, 6.07) is 8.77. The molecule has 0 aliphatic heterocycles. The number of nitrogens with one attached hydrogen (secondary N) is 1. The number of benzene rings is 2. The van der Waals surface area contributed by atoms with E-state index in [0.29, 0.717) is 33.1 Å². The van der Waals surface area contributed by atoms with E-state index in [1.807, 2.05) is 0 Å². The molecular formula is C18H15Cl3N2O2. The number of halogens is 3. The Morgan fingerprint density at radius 1 is 1.20 bits per heavy atom. The molecule has 0 heterocycles. The third kappa shape index (κ3) is 5.20. The molecule has 130 valence electrons. The molecule has 4 nitrogen and oxygen atoms in total. The van der Waals surface area contributed by atoms with Crippen LogP contribution in [-0.4, -0.2) is 19.9 Å². The zero-order valence-electron chi connectivity index (χ0n) is 13.4. The molecule has 2 rings (SSSR count). The lowest BCUT2D eigenvalue weighted by Crippen LogP contribution is -2.07. The third-order valence-electron chi connectivity index (χ3n) is 3.17. The van der Waals surface area contributed by atoms with Crippen molar-refractivity contribution in [2.45, 2.75) is 6.54 Å². The normalized spacial score (nSPS) is 10.5. The average Bonchev–Trinajstić information content (AvgIpc) is 2.59. The molecule has 0 amide bonds. The molecule has 2 aromatic rings. The largest absolute Gasteiger partial charge is 0.493 e. The predicted molar refractivity (Wildman–Crippen MR) is 103 cm³/mol. The van der Waals surface area contributed by atoms with Crippen molar-refractivity contribution in [3.63, 3.8) is 0 Å². The first-order valence-electron chi connectivity index (χ1n) is 7.19. The second-order valence-corrected chi connectivity index (χ2v) is 6.04. The van der Waals surface area contributed by atoms with Gasteiger partial charge in [0.15, 0.2) is 11.5 Å². The van der Waals surface area contributed by atoms with E-state index < -0.39 is 0 Å². The van der Waals surface area contributed by atoms with Crippen LogP contribution in [0.15, 0.2) is 35.4 Å². The van der Waals surface area contributed by atoms with Crippen molar-refractivity contribution >= 4 is 41.0 Å². The van der Waals surface area contributed by atoms with E-state index in [-0.39, 0.29) is 6.61 Å². The van der Waals surface area contributed by atoms with E-state index in [2.05, 4.69) is 16.4 Å². The van der Waals surface area contributed by atoms with Gasteiger partial charge in [0.05, 0.1) is 24.9 Å². The summed E-state index contributed by atoms with van der Waals surface area (Å²) >= 11 is 18.4.